The van der Waals surface area contributed by atoms with Crippen LogP contribution in [0.4, 0.5) is 0 Å². The molecule has 106 valence electrons. The minimum atomic E-state index is 0.454. The van der Waals surface area contributed by atoms with E-state index in [2.05, 4.69) is 53.0 Å². The van der Waals surface area contributed by atoms with E-state index in [4.69, 9.17) is 5.10 Å². The molecule has 1 aliphatic carbocycles. The Morgan fingerprint density at radius 1 is 1.48 bits per heavy atom. The second-order valence-electron chi connectivity index (χ2n) is 5.09. The summed E-state index contributed by atoms with van der Waals surface area (Å²) < 4.78 is 3.05. The van der Waals surface area contributed by atoms with Crippen LogP contribution in [0.3, 0.4) is 0 Å². The quantitative estimate of drug-likeness (QED) is 0.713. The molecule has 2 heterocycles. The number of aromatic nitrogens is 2. The molecular formula is C18H17BrN2. The van der Waals surface area contributed by atoms with E-state index in [1.807, 2.05) is 35.9 Å². The molecule has 0 aromatic carbocycles. The van der Waals surface area contributed by atoms with Crippen molar-refractivity contribution in [3.63, 3.8) is 0 Å². The summed E-state index contributed by atoms with van der Waals surface area (Å²) in [5.74, 6) is 0.454. The molecule has 3 heteroatoms. The highest BCUT2D eigenvalue weighted by Crippen LogP contribution is 2.35. The summed E-state index contributed by atoms with van der Waals surface area (Å²) in [6.07, 6.45) is 19.6. The number of fused-ring (bicyclic) bond motifs is 2. The highest BCUT2D eigenvalue weighted by molar-refractivity contribution is 9.10. The SMILES string of the molecule is C=C/C(=C\C=C/C)c1nn2c(c1Br)CC1C=CC=CC1=C2. The van der Waals surface area contributed by atoms with Gasteiger partial charge in [-0.1, -0.05) is 55.2 Å². The van der Waals surface area contributed by atoms with E-state index < -0.39 is 0 Å². The Hall–Kier alpha value is -1.87. The van der Waals surface area contributed by atoms with Crippen molar-refractivity contribution in [2.45, 2.75) is 13.3 Å². The molecule has 0 bridgehead atoms. The zero-order valence-electron chi connectivity index (χ0n) is 12.0. The lowest BCUT2D eigenvalue weighted by molar-refractivity contribution is 0.681. The van der Waals surface area contributed by atoms with Gasteiger partial charge in [-0.25, -0.2) is 4.68 Å². The van der Waals surface area contributed by atoms with Crippen molar-refractivity contribution in [3.8, 4) is 0 Å². The van der Waals surface area contributed by atoms with Crippen LogP contribution < -0.4 is 0 Å². The maximum Gasteiger partial charge on any atom is 0.107 e. The first-order valence-corrected chi connectivity index (χ1v) is 7.83. The van der Waals surface area contributed by atoms with E-state index in [0.29, 0.717) is 5.92 Å². The van der Waals surface area contributed by atoms with Crippen molar-refractivity contribution in [2.24, 2.45) is 5.92 Å². The van der Waals surface area contributed by atoms with Gasteiger partial charge >= 0.3 is 0 Å². The van der Waals surface area contributed by atoms with Crippen molar-refractivity contribution in [2.75, 3.05) is 0 Å². The fourth-order valence-electron chi connectivity index (χ4n) is 2.64. The maximum absolute atomic E-state index is 4.73. The molecule has 0 fully saturated rings. The van der Waals surface area contributed by atoms with Crippen LogP contribution in [0.25, 0.3) is 11.8 Å². The zero-order chi connectivity index (χ0) is 14.8. The molecule has 0 saturated heterocycles. The number of nitrogens with zero attached hydrogens (tertiary/aromatic N) is 2. The maximum atomic E-state index is 4.73. The van der Waals surface area contributed by atoms with Gasteiger partial charge in [0.1, 0.15) is 5.69 Å². The van der Waals surface area contributed by atoms with E-state index >= 15 is 0 Å². The highest BCUT2D eigenvalue weighted by Gasteiger charge is 2.25. The van der Waals surface area contributed by atoms with Gasteiger partial charge in [0, 0.05) is 24.1 Å². The molecule has 1 aliphatic heterocycles. The molecule has 0 saturated carbocycles. The van der Waals surface area contributed by atoms with Gasteiger partial charge in [-0.05, 0) is 28.4 Å². The van der Waals surface area contributed by atoms with E-state index in [1.165, 1.54) is 11.3 Å². The summed E-state index contributed by atoms with van der Waals surface area (Å²) in [7, 11) is 0. The predicted octanol–water partition coefficient (Wildman–Crippen LogP) is 4.93. The molecule has 21 heavy (non-hydrogen) atoms. The number of allylic oxidation sites excluding steroid dienone is 10. The van der Waals surface area contributed by atoms with Gasteiger partial charge in [0.15, 0.2) is 0 Å². The first-order valence-electron chi connectivity index (χ1n) is 7.04. The summed E-state index contributed by atoms with van der Waals surface area (Å²) in [6, 6.07) is 0. The van der Waals surface area contributed by atoms with Gasteiger partial charge in [-0.2, -0.15) is 5.10 Å². The number of halogens is 1. The van der Waals surface area contributed by atoms with E-state index in [-0.39, 0.29) is 0 Å². The molecule has 1 aromatic rings. The number of hydrogen-bond donors (Lipinski definition) is 0. The van der Waals surface area contributed by atoms with Crippen LogP contribution in [0.1, 0.15) is 18.3 Å². The van der Waals surface area contributed by atoms with E-state index in [0.717, 1.165) is 22.2 Å². The molecule has 0 amide bonds. The van der Waals surface area contributed by atoms with Crippen molar-refractivity contribution >= 4 is 27.7 Å². The Balaban J connectivity index is 2.07. The van der Waals surface area contributed by atoms with Crippen LogP contribution in [0.15, 0.2) is 65.2 Å². The third-order valence-corrected chi connectivity index (χ3v) is 4.60. The number of hydrogen-bond acceptors (Lipinski definition) is 1. The predicted molar refractivity (Wildman–Crippen MR) is 92.7 cm³/mol. The molecule has 2 nitrogen and oxygen atoms in total. The minimum Gasteiger partial charge on any atom is -0.243 e. The highest BCUT2D eigenvalue weighted by atomic mass is 79.9. The monoisotopic (exact) mass is 340 g/mol. The lowest BCUT2D eigenvalue weighted by Gasteiger charge is -2.22. The second kappa shape index (κ2) is 5.86. The molecule has 0 N–H and O–H groups in total. The van der Waals surface area contributed by atoms with Gasteiger partial charge in [0.05, 0.1) is 10.2 Å². The lowest BCUT2D eigenvalue weighted by atomic mass is 9.89. The van der Waals surface area contributed by atoms with Gasteiger partial charge in [-0.3, -0.25) is 0 Å². The molecule has 1 unspecified atom stereocenters. The Morgan fingerprint density at radius 2 is 2.33 bits per heavy atom. The van der Waals surface area contributed by atoms with Gasteiger partial charge in [0.2, 0.25) is 0 Å². The summed E-state index contributed by atoms with van der Waals surface area (Å²) in [5.41, 5.74) is 4.49. The van der Waals surface area contributed by atoms with Crippen molar-refractivity contribution in [3.05, 3.63) is 76.6 Å². The van der Waals surface area contributed by atoms with E-state index in [1.54, 1.807) is 0 Å². The molecule has 2 aliphatic rings. The van der Waals surface area contributed by atoms with Crippen molar-refractivity contribution < 1.29 is 0 Å². The molecular weight excluding hydrogens is 324 g/mol. The third kappa shape index (κ3) is 2.54. The smallest absolute Gasteiger partial charge is 0.107 e. The van der Waals surface area contributed by atoms with Crippen molar-refractivity contribution in [1.82, 2.24) is 9.78 Å². The van der Waals surface area contributed by atoms with Crippen LogP contribution in [-0.4, -0.2) is 9.78 Å². The lowest BCUT2D eigenvalue weighted by Crippen LogP contribution is -2.15. The summed E-state index contributed by atoms with van der Waals surface area (Å²) >= 11 is 3.72. The number of rotatable bonds is 3. The normalized spacial score (nSPS) is 20.4. The Morgan fingerprint density at radius 3 is 3.10 bits per heavy atom. The van der Waals surface area contributed by atoms with Crippen LogP contribution in [0.2, 0.25) is 0 Å². The molecule has 3 rings (SSSR count). The van der Waals surface area contributed by atoms with E-state index in [9.17, 15) is 0 Å². The van der Waals surface area contributed by atoms with Gasteiger partial charge in [-0.15, -0.1) is 0 Å². The fourth-order valence-corrected chi connectivity index (χ4v) is 3.29. The minimum absolute atomic E-state index is 0.454. The Labute approximate surface area is 133 Å². The largest absolute Gasteiger partial charge is 0.243 e. The molecule has 1 atom stereocenters. The molecule has 0 radical (unpaired) electrons. The van der Waals surface area contributed by atoms with Crippen molar-refractivity contribution in [1.29, 1.82) is 0 Å². The van der Waals surface area contributed by atoms with Gasteiger partial charge in [0.25, 0.3) is 0 Å². The van der Waals surface area contributed by atoms with Crippen LogP contribution >= 0.6 is 15.9 Å². The topological polar surface area (TPSA) is 17.8 Å². The first kappa shape index (κ1) is 14.1. The molecule has 0 spiro atoms. The summed E-state index contributed by atoms with van der Waals surface area (Å²) in [5, 5.41) is 4.73. The molecule has 1 aromatic heterocycles. The standard InChI is InChI=1S/C18H17BrN2/c1-3-5-8-13(4-2)18-17(19)16-11-14-9-6-7-10-15(14)12-21(16)20-18/h3-10,12,14H,2,11H2,1H3/b5-3-,13-8+. The second-order valence-corrected chi connectivity index (χ2v) is 5.88. The zero-order valence-corrected chi connectivity index (χ0v) is 13.5. The third-order valence-electron chi connectivity index (χ3n) is 3.76. The van der Waals surface area contributed by atoms with Crippen LogP contribution in [-0.2, 0) is 6.42 Å². The van der Waals surface area contributed by atoms with Crippen LogP contribution in [0, 0.1) is 5.92 Å². The Bertz CT molecular complexity index is 727. The average molecular weight is 341 g/mol. The Kier molecular flexibility index (Phi) is 3.93. The average Bonchev–Trinajstić information content (AvgIpc) is 2.83. The summed E-state index contributed by atoms with van der Waals surface area (Å²) in [4.78, 5) is 0. The van der Waals surface area contributed by atoms with Crippen LogP contribution in [0.5, 0.6) is 0 Å². The first-order chi connectivity index (χ1) is 10.2. The summed E-state index contributed by atoms with van der Waals surface area (Å²) in [6.45, 7) is 5.90. The van der Waals surface area contributed by atoms with Gasteiger partial charge < -0.3 is 0 Å². The fraction of sp³-hybridized carbons (Fsp3) is 0.167.